The predicted molar refractivity (Wildman–Crippen MR) is 81.5 cm³/mol. The zero-order chi connectivity index (χ0) is 15.2. The molecular formula is C15H20N2O3S. The quantitative estimate of drug-likeness (QED) is 0.817. The molecule has 114 valence electrons. The highest BCUT2D eigenvalue weighted by atomic mass is 32.2. The molecule has 1 aliphatic rings. The van der Waals surface area contributed by atoms with Crippen molar-refractivity contribution in [3.63, 3.8) is 0 Å². The molecule has 1 aliphatic carbocycles. The summed E-state index contributed by atoms with van der Waals surface area (Å²) in [6.07, 6.45) is 6.10. The molecular weight excluding hydrogens is 288 g/mol. The minimum absolute atomic E-state index is 0.00121. The Labute approximate surface area is 128 Å². The maximum atomic E-state index is 12.0. The van der Waals surface area contributed by atoms with Crippen LogP contribution in [0.1, 0.15) is 43.1 Å². The van der Waals surface area contributed by atoms with Gasteiger partial charge in [-0.15, -0.1) is 11.8 Å². The molecule has 0 aromatic carbocycles. The number of carboxylic acid groups (broad SMARTS) is 1. The van der Waals surface area contributed by atoms with Crippen molar-refractivity contribution in [2.75, 3.05) is 5.75 Å². The Bertz CT molecular complexity index is 521. The summed E-state index contributed by atoms with van der Waals surface area (Å²) in [6.45, 7) is 2.18. The minimum atomic E-state index is -1.06. The largest absolute Gasteiger partial charge is 0.477 e. The number of amides is 1. The van der Waals surface area contributed by atoms with E-state index in [9.17, 15) is 9.59 Å². The molecule has 2 atom stereocenters. The molecule has 1 amide bonds. The topological polar surface area (TPSA) is 79.3 Å². The van der Waals surface area contributed by atoms with E-state index in [1.165, 1.54) is 43.3 Å². The van der Waals surface area contributed by atoms with Gasteiger partial charge in [0.15, 0.2) is 0 Å². The lowest BCUT2D eigenvalue weighted by atomic mass is 9.86. The van der Waals surface area contributed by atoms with Crippen LogP contribution in [0.5, 0.6) is 0 Å². The highest BCUT2D eigenvalue weighted by Gasteiger charge is 2.22. The van der Waals surface area contributed by atoms with Gasteiger partial charge in [-0.3, -0.25) is 4.79 Å². The number of aromatic carboxylic acids is 1. The summed E-state index contributed by atoms with van der Waals surface area (Å²) in [6, 6.07) is 3.48. The summed E-state index contributed by atoms with van der Waals surface area (Å²) in [4.78, 5) is 27.3. The number of nitrogens with one attached hydrogen (secondary N) is 1. The molecule has 0 bridgehead atoms. The van der Waals surface area contributed by atoms with Crippen LogP contribution in [0.4, 0.5) is 0 Å². The maximum Gasteiger partial charge on any atom is 0.354 e. The third-order valence-corrected chi connectivity index (χ3v) is 4.77. The van der Waals surface area contributed by atoms with Gasteiger partial charge in [-0.1, -0.05) is 19.8 Å². The van der Waals surface area contributed by atoms with Crippen LogP contribution in [0, 0.1) is 5.92 Å². The molecule has 0 radical (unpaired) electrons. The van der Waals surface area contributed by atoms with E-state index in [4.69, 9.17) is 5.11 Å². The number of hydrogen-bond donors (Lipinski definition) is 2. The van der Waals surface area contributed by atoms with Gasteiger partial charge in [-0.25, -0.2) is 9.78 Å². The van der Waals surface area contributed by atoms with Crippen molar-refractivity contribution in [3.8, 4) is 0 Å². The number of thioether (sulfide) groups is 1. The van der Waals surface area contributed by atoms with Crippen LogP contribution in [0.3, 0.4) is 0 Å². The van der Waals surface area contributed by atoms with Gasteiger partial charge >= 0.3 is 5.97 Å². The maximum absolute atomic E-state index is 12.0. The fraction of sp³-hybridized carbons (Fsp3) is 0.533. The van der Waals surface area contributed by atoms with Crippen LogP contribution in [0.25, 0.3) is 0 Å². The highest BCUT2D eigenvalue weighted by Crippen LogP contribution is 2.24. The average molecular weight is 308 g/mol. The van der Waals surface area contributed by atoms with Crippen LogP contribution < -0.4 is 5.32 Å². The second kappa shape index (κ2) is 7.45. The number of rotatable bonds is 5. The number of carbonyl (C=O) groups excluding carboxylic acids is 1. The average Bonchev–Trinajstić information content (AvgIpc) is 2.48. The van der Waals surface area contributed by atoms with E-state index in [2.05, 4.69) is 17.2 Å². The van der Waals surface area contributed by atoms with Gasteiger partial charge in [0.25, 0.3) is 0 Å². The zero-order valence-corrected chi connectivity index (χ0v) is 12.9. The van der Waals surface area contributed by atoms with E-state index in [1.54, 1.807) is 6.07 Å². The van der Waals surface area contributed by atoms with E-state index in [0.717, 1.165) is 11.3 Å². The normalized spacial score (nSPS) is 21.8. The first-order valence-corrected chi connectivity index (χ1v) is 8.16. The van der Waals surface area contributed by atoms with Crippen molar-refractivity contribution in [1.82, 2.24) is 10.3 Å². The standard InChI is InChI=1S/C15H20N2O3S/c1-10-4-2-3-5-12(10)17-14(18)9-21-11-6-7-16-13(8-11)15(19)20/h6-8,10,12H,2-5,9H2,1H3,(H,17,18)(H,19,20). The summed E-state index contributed by atoms with van der Waals surface area (Å²) in [5.41, 5.74) is 0.00121. The highest BCUT2D eigenvalue weighted by molar-refractivity contribution is 8.00. The molecule has 1 saturated carbocycles. The Morgan fingerprint density at radius 3 is 2.90 bits per heavy atom. The molecule has 2 rings (SSSR count). The number of carbonyl (C=O) groups is 2. The van der Waals surface area contributed by atoms with Gasteiger partial charge in [0.05, 0.1) is 5.75 Å². The molecule has 1 fully saturated rings. The number of hydrogen-bond acceptors (Lipinski definition) is 4. The molecule has 5 nitrogen and oxygen atoms in total. The summed E-state index contributed by atoms with van der Waals surface area (Å²) in [7, 11) is 0. The van der Waals surface area contributed by atoms with Crippen LogP contribution >= 0.6 is 11.8 Å². The Morgan fingerprint density at radius 1 is 1.43 bits per heavy atom. The van der Waals surface area contributed by atoms with Gasteiger partial charge in [0.1, 0.15) is 5.69 Å². The van der Waals surface area contributed by atoms with Crippen molar-refractivity contribution < 1.29 is 14.7 Å². The molecule has 2 N–H and O–H groups in total. The lowest BCUT2D eigenvalue weighted by molar-refractivity contribution is -0.119. The van der Waals surface area contributed by atoms with Crippen molar-refractivity contribution in [2.24, 2.45) is 5.92 Å². The predicted octanol–water partition coefficient (Wildman–Crippen LogP) is 2.57. The lowest BCUT2D eigenvalue weighted by Crippen LogP contribution is -2.41. The molecule has 0 spiro atoms. The van der Waals surface area contributed by atoms with Gasteiger partial charge in [-0.2, -0.15) is 0 Å². The third kappa shape index (κ3) is 4.74. The van der Waals surface area contributed by atoms with Gasteiger partial charge < -0.3 is 10.4 Å². The van der Waals surface area contributed by atoms with E-state index in [-0.39, 0.29) is 17.6 Å². The molecule has 21 heavy (non-hydrogen) atoms. The minimum Gasteiger partial charge on any atom is -0.477 e. The summed E-state index contributed by atoms with van der Waals surface area (Å²) >= 11 is 1.33. The van der Waals surface area contributed by atoms with E-state index in [1.807, 2.05) is 0 Å². The van der Waals surface area contributed by atoms with Gasteiger partial charge in [0, 0.05) is 17.1 Å². The second-order valence-electron chi connectivity index (χ2n) is 5.41. The monoisotopic (exact) mass is 308 g/mol. The Kier molecular flexibility index (Phi) is 5.61. The number of pyridine rings is 1. The first kappa shape index (κ1) is 15.8. The fourth-order valence-electron chi connectivity index (χ4n) is 2.55. The third-order valence-electron chi connectivity index (χ3n) is 3.78. The summed E-state index contributed by atoms with van der Waals surface area (Å²) in [5.74, 6) is -0.218. The van der Waals surface area contributed by atoms with Crippen LogP contribution in [-0.4, -0.2) is 33.8 Å². The molecule has 0 aliphatic heterocycles. The van der Waals surface area contributed by atoms with Crippen LogP contribution in [0.2, 0.25) is 0 Å². The Morgan fingerprint density at radius 2 is 2.19 bits per heavy atom. The summed E-state index contributed by atoms with van der Waals surface area (Å²) in [5, 5.41) is 12.0. The molecule has 1 heterocycles. The molecule has 6 heteroatoms. The fourth-order valence-corrected chi connectivity index (χ4v) is 3.28. The van der Waals surface area contributed by atoms with Crippen LogP contribution in [0.15, 0.2) is 23.2 Å². The number of aromatic nitrogens is 1. The smallest absolute Gasteiger partial charge is 0.354 e. The zero-order valence-electron chi connectivity index (χ0n) is 12.0. The molecule has 0 saturated heterocycles. The first-order chi connectivity index (χ1) is 10.1. The lowest BCUT2D eigenvalue weighted by Gasteiger charge is -2.29. The van der Waals surface area contributed by atoms with Crippen molar-refractivity contribution >= 4 is 23.6 Å². The summed E-state index contributed by atoms with van der Waals surface area (Å²) < 4.78 is 0. The molecule has 1 aromatic rings. The molecule has 1 aromatic heterocycles. The second-order valence-corrected chi connectivity index (χ2v) is 6.46. The van der Waals surface area contributed by atoms with Crippen molar-refractivity contribution in [1.29, 1.82) is 0 Å². The van der Waals surface area contributed by atoms with Gasteiger partial charge in [0.2, 0.25) is 5.91 Å². The number of nitrogens with zero attached hydrogens (tertiary/aromatic N) is 1. The van der Waals surface area contributed by atoms with E-state index < -0.39 is 5.97 Å². The van der Waals surface area contributed by atoms with E-state index in [0.29, 0.717) is 11.7 Å². The Balaban J connectivity index is 1.83. The molecule has 2 unspecified atom stereocenters. The number of carboxylic acids is 1. The van der Waals surface area contributed by atoms with E-state index >= 15 is 0 Å². The van der Waals surface area contributed by atoms with Crippen LogP contribution in [-0.2, 0) is 4.79 Å². The van der Waals surface area contributed by atoms with Crippen molar-refractivity contribution in [3.05, 3.63) is 24.0 Å². The van der Waals surface area contributed by atoms with Gasteiger partial charge in [-0.05, 0) is 30.9 Å². The SMILES string of the molecule is CC1CCCCC1NC(=O)CSc1ccnc(C(=O)O)c1. The first-order valence-electron chi connectivity index (χ1n) is 7.18. The Hall–Kier alpha value is -1.56. The van der Waals surface area contributed by atoms with Crippen molar-refractivity contribution in [2.45, 2.75) is 43.5 Å².